The molecule has 0 aromatic carbocycles. The fourth-order valence-electron chi connectivity index (χ4n) is 3.85. The number of Topliss-reactive ketones (excluding diaryl/α,β-unsaturated/α-hetero) is 2. The number of hydrogen-bond donors (Lipinski definition) is 3. The summed E-state index contributed by atoms with van der Waals surface area (Å²) >= 11 is 0. The number of aliphatic hydroxyl groups excluding tert-OH is 2. The topological polar surface area (TPSA) is 130 Å². The number of rotatable bonds is 2. The molecular formula is C25H33NO7. The molecule has 1 saturated heterocycles. The predicted octanol–water partition coefficient (Wildman–Crippen LogP) is 1.72. The van der Waals surface area contributed by atoms with Gasteiger partial charge in [-0.15, -0.1) is 0 Å². The number of allylic oxidation sites excluding steroid dienone is 4. The minimum Gasteiger partial charge on any atom is -0.461 e. The van der Waals surface area contributed by atoms with Gasteiger partial charge < -0.3 is 20.3 Å². The smallest absolute Gasteiger partial charge is 0.322 e. The van der Waals surface area contributed by atoms with Crippen LogP contribution in [-0.2, 0) is 23.9 Å². The Morgan fingerprint density at radius 1 is 1.09 bits per heavy atom. The number of esters is 1. The van der Waals surface area contributed by atoms with E-state index in [1.54, 1.807) is 38.2 Å². The van der Waals surface area contributed by atoms with Gasteiger partial charge in [0.05, 0.1) is 24.2 Å². The zero-order chi connectivity index (χ0) is 24.9. The molecule has 0 saturated carbocycles. The van der Waals surface area contributed by atoms with E-state index >= 15 is 0 Å². The Hall–Kier alpha value is -2.84. The van der Waals surface area contributed by atoms with Gasteiger partial charge in [-0.3, -0.25) is 19.2 Å². The van der Waals surface area contributed by atoms with Gasteiger partial charge in [0.15, 0.2) is 5.78 Å². The molecule has 2 heterocycles. The van der Waals surface area contributed by atoms with Crippen LogP contribution in [0.2, 0.25) is 0 Å². The number of aliphatic hydroxyl groups is 2. The molecule has 2 bridgehead atoms. The molecule has 3 aliphatic rings. The van der Waals surface area contributed by atoms with Crippen molar-refractivity contribution in [2.45, 2.75) is 71.8 Å². The first-order chi connectivity index (χ1) is 15.4. The van der Waals surface area contributed by atoms with Crippen molar-refractivity contribution in [3.63, 3.8) is 0 Å². The van der Waals surface area contributed by atoms with Crippen molar-refractivity contribution >= 4 is 23.4 Å². The molecule has 0 spiro atoms. The van der Waals surface area contributed by atoms with E-state index in [0.29, 0.717) is 12.0 Å². The molecule has 0 aromatic heterocycles. The Morgan fingerprint density at radius 2 is 1.70 bits per heavy atom. The average molecular weight is 460 g/mol. The number of hydrogen-bond acceptors (Lipinski definition) is 7. The van der Waals surface area contributed by atoms with Gasteiger partial charge in [0.2, 0.25) is 5.78 Å². The molecule has 33 heavy (non-hydrogen) atoms. The van der Waals surface area contributed by atoms with E-state index in [0.717, 1.165) is 12.5 Å². The largest absolute Gasteiger partial charge is 0.461 e. The van der Waals surface area contributed by atoms with Gasteiger partial charge in [-0.25, -0.2) is 0 Å². The second-order valence-corrected chi connectivity index (χ2v) is 8.99. The molecule has 3 N–H and O–H groups in total. The number of fused-ring (bicyclic) bond motifs is 10. The summed E-state index contributed by atoms with van der Waals surface area (Å²) in [6.07, 6.45) is 7.54. The van der Waals surface area contributed by atoms with Crippen LogP contribution in [0.25, 0.3) is 0 Å². The normalized spacial score (nSPS) is 38.7. The lowest BCUT2D eigenvalue weighted by Crippen LogP contribution is -2.61. The van der Waals surface area contributed by atoms with Crippen molar-refractivity contribution in [2.75, 3.05) is 0 Å². The van der Waals surface area contributed by atoms with Gasteiger partial charge in [0.1, 0.15) is 11.5 Å². The van der Waals surface area contributed by atoms with E-state index in [2.05, 4.69) is 5.32 Å². The van der Waals surface area contributed by atoms with Crippen LogP contribution >= 0.6 is 0 Å². The fourth-order valence-corrected chi connectivity index (χ4v) is 3.85. The average Bonchev–Trinajstić information content (AvgIpc) is 2.75. The standard InChI is InChI=1S/C25H33NO7/c1-14-6-9-18(28)10-8-15(2)12-21(26-23(31)17(4)27)25(5)22(30)16(3)20(33-24(25)32)13-19(29)11-7-14/h6-8,10-12,16,18-21,28-29H,9,13H2,1-5H3,(H,26,31)/b10-8-,11-7-,14-6-,15-12-/t16-,18+,19-,20-,21-,25+/m1/s1. The Bertz CT molecular complexity index is 929. The predicted molar refractivity (Wildman–Crippen MR) is 122 cm³/mol. The van der Waals surface area contributed by atoms with Crippen molar-refractivity contribution in [1.82, 2.24) is 5.32 Å². The van der Waals surface area contributed by atoms with E-state index in [-0.39, 0.29) is 6.42 Å². The van der Waals surface area contributed by atoms with Gasteiger partial charge in [-0.1, -0.05) is 54.5 Å². The molecule has 0 radical (unpaired) electrons. The highest BCUT2D eigenvalue weighted by molar-refractivity contribution is 6.35. The van der Waals surface area contributed by atoms with Crippen LogP contribution in [0.3, 0.4) is 0 Å². The van der Waals surface area contributed by atoms with Crippen LogP contribution in [0.15, 0.2) is 47.6 Å². The molecule has 1 fully saturated rings. The van der Waals surface area contributed by atoms with Crippen molar-refractivity contribution in [3.8, 4) is 0 Å². The number of amides is 1. The molecule has 0 aromatic rings. The zero-order valence-electron chi connectivity index (χ0n) is 19.7. The summed E-state index contributed by atoms with van der Waals surface area (Å²) in [4.78, 5) is 50.3. The maximum absolute atomic E-state index is 13.4. The van der Waals surface area contributed by atoms with Gasteiger partial charge in [0, 0.05) is 13.3 Å². The van der Waals surface area contributed by atoms with Crippen LogP contribution < -0.4 is 5.32 Å². The van der Waals surface area contributed by atoms with Gasteiger partial charge in [-0.05, 0) is 27.2 Å². The second-order valence-electron chi connectivity index (χ2n) is 8.99. The molecule has 1 aliphatic carbocycles. The Kier molecular flexibility index (Phi) is 8.69. The highest BCUT2D eigenvalue weighted by atomic mass is 16.5. The second kappa shape index (κ2) is 10.9. The summed E-state index contributed by atoms with van der Waals surface area (Å²) in [6.45, 7) is 7.62. The highest BCUT2D eigenvalue weighted by Gasteiger charge is 2.56. The molecular weight excluding hydrogens is 426 g/mol. The van der Waals surface area contributed by atoms with Crippen molar-refractivity contribution in [1.29, 1.82) is 0 Å². The minimum absolute atomic E-state index is 0.0298. The third kappa shape index (κ3) is 6.36. The maximum Gasteiger partial charge on any atom is 0.322 e. The van der Waals surface area contributed by atoms with Crippen molar-refractivity contribution in [3.05, 3.63) is 47.6 Å². The molecule has 8 heteroatoms. The molecule has 2 aliphatic heterocycles. The summed E-state index contributed by atoms with van der Waals surface area (Å²) in [5, 5.41) is 23.1. The summed E-state index contributed by atoms with van der Waals surface area (Å²) in [5.41, 5.74) is -0.371. The van der Waals surface area contributed by atoms with Gasteiger partial charge in [0.25, 0.3) is 5.91 Å². The summed E-state index contributed by atoms with van der Waals surface area (Å²) < 4.78 is 5.59. The lowest BCUT2D eigenvalue weighted by molar-refractivity contribution is -0.181. The molecule has 180 valence electrons. The fraction of sp³-hybridized carbons (Fsp3) is 0.520. The minimum atomic E-state index is -1.78. The Labute approximate surface area is 194 Å². The first-order valence-corrected chi connectivity index (χ1v) is 11.0. The van der Waals surface area contributed by atoms with Crippen molar-refractivity contribution < 1.29 is 34.1 Å². The van der Waals surface area contributed by atoms with E-state index in [1.165, 1.54) is 13.0 Å². The van der Waals surface area contributed by atoms with Crippen LogP contribution in [0.1, 0.15) is 47.5 Å². The number of carbonyl (C=O) groups is 4. The van der Waals surface area contributed by atoms with Crippen LogP contribution in [-0.4, -0.2) is 58.0 Å². The van der Waals surface area contributed by atoms with E-state index in [9.17, 15) is 29.4 Å². The van der Waals surface area contributed by atoms with E-state index in [4.69, 9.17) is 4.74 Å². The molecule has 3 rings (SSSR count). The SMILES string of the molecule is CC(=O)C(=O)N[C@@H]1/C=C(C)\C=C/[C@@H](O)C/C=C(C)\C=C/[C@@H](O)C[C@H]2OC(=O)[C@]1(C)C(=O)[C@@H]2C. The summed E-state index contributed by atoms with van der Waals surface area (Å²) in [6, 6.07) is -1.15. The summed E-state index contributed by atoms with van der Waals surface area (Å²) in [5.74, 6) is -3.74. The number of carbonyl (C=O) groups excluding carboxylic acids is 4. The monoisotopic (exact) mass is 459 g/mol. The zero-order valence-corrected chi connectivity index (χ0v) is 19.7. The van der Waals surface area contributed by atoms with Crippen LogP contribution in [0, 0.1) is 11.3 Å². The quantitative estimate of drug-likeness (QED) is 0.326. The number of ether oxygens (including phenoxy) is 1. The lowest BCUT2D eigenvalue weighted by atomic mass is 9.69. The third-order valence-electron chi connectivity index (χ3n) is 6.14. The molecule has 6 atom stereocenters. The number of ketones is 2. The molecule has 1 amide bonds. The van der Waals surface area contributed by atoms with E-state index in [1.807, 2.05) is 13.0 Å². The number of nitrogens with one attached hydrogen (secondary N) is 1. The van der Waals surface area contributed by atoms with E-state index < -0.39 is 59.1 Å². The maximum atomic E-state index is 13.4. The molecule has 0 unspecified atom stereocenters. The van der Waals surface area contributed by atoms with Gasteiger partial charge >= 0.3 is 5.97 Å². The first kappa shape index (κ1) is 26.4. The Balaban J connectivity index is 2.57. The molecule has 8 nitrogen and oxygen atoms in total. The highest BCUT2D eigenvalue weighted by Crippen LogP contribution is 2.38. The third-order valence-corrected chi connectivity index (χ3v) is 6.14. The van der Waals surface area contributed by atoms with Crippen LogP contribution in [0.5, 0.6) is 0 Å². The van der Waals surface area contributed by atoms with Gasteiger partial charge in [-0.2, -0.15) is 0 Å². The first-order valence-electron chi connectivity index (χ1n) is 11.0. The van der Waals surface area contributed by atoms with Crippen molar-refractivity contribution in [2.24, 2.45) is 11.3 Å². The lowest BCUT2D eigenvalue weighted by Gasteiger charge is -2.42. The summed E-state index contributed by atoms with van der Waals surface area (Å²) in [7, 11) is 0. The van der Waals surface area contributed by atoms with Crippen LogP contribution in [0.4, 0.5) is 0 Å². The Morgan fingerprint density at radius 3 is 2.33 bits per heavy atom.